The molecule has 0 N–H and O–H groups in total. The number of fused-ring (bicyclic) bond motifs is 1. The van der Waals surface area contributed by atoms with Gasteiger partial charge in [0.05, 0.1) is 12.2 Å². The van der Waals surface area contributed by atoms with Crippen molar-refractivity contribution in [3.8, 4) is 0 Å². The first-order valence-corrected chi connectivity index (χ1v) is 8.24. The van der Waals surface area contributed by atoms with Gasteiger partial charge in [-0.15, -0.1) is 0 Å². The van der Waals surface area contributed by atoms with E-state index in [1.54, 1.807) is 23.1 Å². The monoisotopic (exact) mass is 324 g/mol. The highest BCUT2D eigenvalue weighted by molar-refractivity contribution is 5.39. The first kappa shape index (κ1) is 15.0. The number of aromatic nitrogens is 5. The van der Waals surface area contributed by atoms with Crippen LogP contribution in [0.25, 0.3) is 5.65 Å². The number of nitrogens with zero attached hydrogens (tertiary/aromatic N) is 6. The second-order valence-electron chi connectivity index (χ2n) is 6.40. The Labute approximate surface area is 139 Å². The Balaban J connectivity index is 1.57. The third-order valence-corrected chi connectivity index (χ3v) is 4.59. The van der Waals surface area contributed by atoms with Crippen LogP contribution in [0.5, 0.6) is 0 Å². The van der Waals surface area contributed by atoms with Crippen LogP contribution in [-0.2, 0) is 13.1 Å². The molecule has 4 heterocycles. The number of pyridine rings is 1. The van der Waals surface area contributed by atoms with Crippen molar-refractivity contribution in [3.05, 3.63) is 58.7 Å². The Morgan fingerprint density at radius 2 is 2.25 bits per heavy atom. The molecule has 1 fully saturated rings. The number of rotatable bonds is 4. The van der Waals surface area contributed by atoms with Crippen molar-refractivity contribution in [2.24, 2.45) is 0 Å². The van der Waals surface area contributed by atoms with Crippen molar-refractivity contribution in [1.29, 1.82) is 0 Å². The minimum atomic E-state index is -0.0225. The average molecular weight is 324 g/mol. The fourth-order valence-corrected chi connectivity index (χ4v) is 3.40. The Bertz CT molecular complexity index is 901. The van der Waals surface area contributed by atoms with Crippen LogP contribution < -0.4 is 5.56 Å². The van der Waals surface area contributed by atoms with Crippen LogP contribution in [0.3, 0.4) is 0 Å². The summed E-state index contributed by atoms with van der Waals surface area (Å²) >= 11 is 0. The SMILES string of the molecule is Cc1ccc2nc(CN3CCCC3Cn3cncn3)cc(=O)n2c1. The van der Waals surface area contributed by atoms with E-state index < -0.39 is 0 Å². The molecular formula is C17H20N6O. The van der Waals surface area contributed by atoms with E-state index in [2.05, 4.69) is 20.0 Å². The summed E-state index contributed by atoms with van der Waals surface area (Å²) in [6.45, 7) is 4.51. The fourth-order valence-electron chi connectivity index (χ4n) is 3.40. The van der Waals surface area contributed by atoms with Crippen molar-refractivity contribution in [1.82, 2.24) is 29.0 Å². The van der Waals surface area contributed by atoms with E-state index in [1.165, 1.54) is 0 Å². The van der Waals surface area contributed by atoms with Gasteiger partial charge in [-0.1, -0.05) is 6.07 Å². The Morgan fingerprint density at radius 1 is 1.33 bits per heavy atom. The molecule has 0 saturated carbocycles. The van der Waals surface area contributed by atoms with Crippen LogP contribution >= 0.6 is 0 Å². The normalized spacial score (nSPS) is 18.5. The molecule has 4 rings (SSSR count). The molecule has 1 atom stereocenters. The molecular weight excluding hydrogens is 304 g/mol. The smallest absolute Gasteiger partial charge is 0.258 e. The zero-order valence-electron chi connectivity index (χ0n) is 13.7. The lowest BCUT2D eigenvalue weighted by atomic mass is 10.2. The van der Waals surface area contributed by atoms with Gasteiger partial charge in [-0.2, -0.15) is 5.10 Å². The summed E-state index contributed by atoms with van der Waals surface area (Å²) in [5, 5.41) is 4.19. The third-order valence-electron chi connectivity index (χ3n) is 4.59. The van der Waals surface area contributed by atoms with E-state index in [4.69, 9.17) is 0 Å². The van der Waals surface area contributed by atoms with E-state index in [9.17, 15) is 4.79 Å². The predicted octanol–water partition coefficient (Wildman–Crippen LogP) is 1.26. The van der Waals surface area contributed by atoms with Crippen molar-refractivity contribution in [2.75, 3.05) is 6.54 Å². The van der Waals surface area contributed by atoms with Gasteiger partial charge in [-0.05, 0) is 37.9 Å². The van der Waals surface area contributed by atoms with Gasteiger partial charge in [-0.25, -0.2) is 9.97 Å². The number of aryl methyl sites for hydroxylation is 1. The van der Waals surface area contributed by atoms with Crippen molar-refractivity contribution in [3.63, 3.8) is 0 Å². The quantitative estimate of drug-likeness (QED) is 0.723. The van der Waals surface area contributed by atoms with Crippen LogP contribution in [0.15, 0.2) is 41.8 Å². The number of hydrogen-bond donors (Lipinski definition) is 0. The molecule has 0 radical (unpaired) electrons. The zero-order chi connectivity index (χ0) is 16.5. The molecule has 24 heavy (non-hydrogen) atoms. The van der Waals surface area contributed by atoms with Gasteiger partial charge in [0.2, 0.25) is 0 Å². The van der Waals surface area contributed by atoms with E-state index in [0.29, 0.717) is 18.2 Å². The second-order valence-corrected chi connectivity index (χ2v) is 6.40. The summed E-state index contributed by atoms with van der Waals surface area (Å²) in [5.41, 5.74) is 2.56. The van der Waals surface area contributed by atoms with Crippen molar-refractivity contribution >= 4 is 5.65 Å². The molecule has 1 unspecified atom stereocenters. The van der Waals surface area contributed by atoms with Crippen molar-refractivity contribution < 1.29 is 0 Å². The van der Waals surface area contributed by atoms with E-state index in [1.807, 2.05) is 29.9 Å². The molecule has 1 aliphatic heterocycles. The molecule has 1 aliphatic rings. The largest absolute Gasteiger partial charge is 0.293 e. The lowest BCUT2D eigenvalue weighted by molar-refractivity contribution is 0.216. The second kappa shape index (κ2) is 6.16. The summed E-state index contributed by atoms with van der Waals surface area (Å²) in [4.78, 5) is 23.4. The van der Waals surface area contributed by atoms with Gasteiger partial charge in [0.15, 0.2) is 0 Å². The molecule has 3 aromatic rings. The molecule has 0 amide bonds. The molecule has 124 valence electrons. The summed E-state index contributed by atoms with van der Waals surface area (Å²) < 4.78 is 3.48. The first-order valence-electron chi connectivity index (χ1n) is 8.24. The topological polar surface area (TPSA) is 68.3 Å². The molecule has 0 aliphatic carbocycles. The third kappa shape index (κ3) is 2.94. The maximum absolute atomic E-state index is 12.3. The van der Waals surface area contributed by atoms with Gasteiger partial charge < -0.3 is 0 Å². The highest BCUT2D eigenvalue weighted by atomic mass is 16.1. The van der Waals surface area contributed by atoms with Gasteiger partial charge in [-0.3, -0.25) is 18.8 Å². The molecule has 3 aromatic heterocycles. The lowest BCUT2D eigenvalue weighted by Crippen LogP contribution is -2.33. The zero-order valence-corrected chi connectivity index (χ0v) is 13.7. The highest BCUT2D eigenvalue weighted by Gasteiger charge is 2.25. The van der Waals surface area contributed by atoms with Crippen LogP contribution in [0.4, 0.5) is 0 Å². The van der Waals surface area contributed by atoms with Gasteiger partial charge in [0, 0.05) is 24.8 Å². The summed E-state index contributed by atoms with van der Waals surface area (Å²) in [5.74, 6) is 0. The molecule has 7 nitrogen and oxygen atoms in total. The Hall–Kier alpha value is -2.54. The van der Waals surface area contributed by atoms with Gasteiger partial charge in [0.25, 0.3) is 5.56 Å². The molecule has 7 heteroatoms. The lowest BCUT2D eigenvalue weighted by Gasteiger charge is -2.23. The predicted molar refractivity (Wildman–Crippen MR) is 89.7 cm³/mol. The standard InChI is InChI=1S/C17H20N6O/c1-13-4-5-16-20-14(7-17(24)23(16)8-13)9-21-6-2-3-15(21)10-22-12-18-11-19-22/h4-5,7-8,11-12,15H,2-3,6,9-10H2,1H3. The highest BCUT2D eigenvalue weighted by Crippen LogP contribution is 2.20. The summed E-state index contributed by atoms with van der Waals surface area (Å²) in [6.07, 6.45) is 7.43. The van der Waals surface area contributed by atoms with E-state index >= 15 is 0 Å². The fraction of sp³-hybridized carbons (Fsp3) is 0.412. The maximum Gasteiger partial charge on any atom is 0.258 e. The van der Waals surface area contributed by atoms with Crippen LogP contribution in [0, 0.1) is 6.92 Å². The minimum Gasteiger partial charge on any atom is -0.293 e. The maximum atomic E-state index is 12.3. The molecule has 0 bridgehead atoms. The first-order chi connectivity index (χ1) is 11.7. The van der Waals surface area contributed by atoms with Crippen LogP contribution in [0.1, 0.15) is 24.1 Å². The number of hydrogen-bond acceptors (Lipinski definition) is 5. The van der Waals surface area contributed by atoms with E-state index in [0.717, 1.165) is 37.2 Å². The average Bonchev–Trinajstić information content (AvgIpc) is 3.21. The van der Waals surface area contributed by atoms with Crippen LogP contribution in [0.2, 0.25) is 0 Å². The van der Waals surface area contributed by atoms with Crippen LogP contribution in [-0.4, -0.2) is 41.6 Å². The minimum absolute atomic E-state index is 0.0225. The number of likely N-dealkylation sites (tertiary alicyclic amines) is 1. The Morgan fingerprint density at radius 3 is 3.08 bits per heavy atom. The molecule has 0 aromatic carbocycles. The van der Waals surface area contributed by atoms with Gasteiger partial charge >= 0.3 is 0 Å². The molecule has 1 saturated heterocycles. The van der Waals surface area contributed by atoms with Gasteiger partial charge in [0.1, 0.15) is 18.3 Å². The summed E-state index contributed by atoms with van der Waals surface area (Å²) in [7, 11) is 0. The Kier molecular flexibility index (Phi) is 3.86. The van der Waals surface area contributed by atoms with E-state index in [-0.39, 0.29) is 5.56 Å². The summed E-state index contributed by atoms with van der Waals surface area (Å²) in [6, 6.07) is 5.94. The molecule has 0 spiro atoms. The van der Waals surface area contributed by atoms with Crippen molar-refractivity contribution in [2.45, 2.75) is 38.9 Å².